The van der Waals surface area contributed by atoms with Gasteiger partial charge in [0.15, 0.2) is 0 Å². The normalized spacial score (nSPS) is 12.6. The van der Waals surface area contributed by atoms with Crippen LogP contribution < -0.4 is 5.32 Å². The lowest BCUT2D eigenvalue weighted by atomic mass is 10.1. The quantitative estimate of drug-likeness (QED) is 0.646. The third kappa shape index (κ3) is 5.82. The minimum atomic E-state index is 0.00553. The van der Waals surface area contributed by atoms with Crippen LogP contribution in [0, 0.1) is 0 Å². The number of rotatable bonds is 9. The average molecular weight is 237 g/mol. The summed E-state index contributed by atoms with van der Waals surface area (Å²) in [5, 5.41) is 12.6. The van der Waals surface area contributed by atoms with Crippen molar-refractivity contribution in [3.63, 3.8) is 0 Å². The monoisotopic (exact) mass is 237 g/mol. The van der Waals surface area contributed by atoms with Gasteiger partial charge in [-0.05, 0) is 12.0 Å². The fraction of sp³-hybridized carbons (Fsp3) is 0.571. The molecule has 1 atom stereocenters. The molecule has 1 unspecified atom stereocenters. The molecule has 0 spiro atoms. The van der Waals surface area contributed by atoms with E-state index in [1.54, 1.807) is 0 Å². The van der Waals surface area contributed by atoms with E-state index in [-0.39, 0.29) is 12.6 Å². The van der Waals surface area contributed by atoms with Gasteiger partial charge in [0.1, 0.15) is 0 Å². The summed E-state index contributed by atoms with van der Waals surface area (Å²) in [6, 6.07) is 9.99. The summed E-state index contributed by atoms with van der Waals surface area (Å²) in [5.74, 6) is 0. The van der Waals surface area contributed by atoms with Gasteiger partial charge < -0.3 is 15.2 Å². The number of ether oxygens (including phenoxy) is 1. The average Bonchev–Trinajstić information content (AvgIpc) is 2.39. The molecule has 1 aromatic carbocycles. The molecule has 3 heteroatoms. The number of aliphatic hydroxyl groups excluding tert-OH is 1. The highest BCUT2D eigenvalue weighted by molar-refractivity contribution is 5.18. The van der Waals surface area contributed by atoms with E-state index >= 15 is 0 Å². The maximum absolute atomic E-state index is 9.32. The molecule has 0 aromatic heterocycles. The van der Waals surface area contributed by atoms with Crippen molar-refractivity contribution in [1.29, 1.82) is 0 Å². The molecule has 0 aliphatic rings. The zero-order chi connectivity index (χ0) is 12.3. The summed E-state index contributed by atoms with van der Waals surface area (Å²) in [6.07, 6.45) is 2.28. The number of unbranched alkanes of at least 4 members (excludes halogenated alkanes) is 1. The molecule has 0 saturated heterocycles. The predicted molar refractivity (Wildman–Crippen MR) is 70.0 cm³/mol. The molecular weight excluding hydrogens is 214 g/mol. The van der Waals surface area contributed by atoms with Crippen molar-refractivity contribution in [2.45, 2.75) is 25.8 Å². The first-order chi connectivity index (χ1) is 8.38. The number of hydrogen-bond donors (Lipinski definition) is 2. The maximum atomic E-state index is 9.32. The van der Waals surface area contributed by atoms with Crippen molar-refractivity contribution in [3.8, 4) is 0 Å². The minimum Gasteiger partial charge on any atom is -0.394 e. The topological polar surface area (TPSA) is 41.5 Å². The lowest BCUT2D eigenvalue weighted by Gasteiger charge is -2.16. The van der Waals surface area contributed by atoms with Gasteiger partial charge in [0.25, 0.3) is 0 Å². The molecule has 0 bridgehead atoms. The van der Waals surface area contributed by atoms with Crippen LogP contribution >= 0.6 is 0 Å². The fourth-order valence-electron chi connectivity index (χ4n) is 1.63. The first kappa shape index (κ1) is 14.2. The molecule has 0 fully saturated rings. The third-order valence-electron chi connectivity index (χ3n) is 2.66. The van der Waals surface area contributed by atoms with Crippen LogP contribution in [-0.2, 0) is 4.74 Å². The standard InChI is InChI=1S/C14H23NO2/c1-2-3-10-17-11-9-15-14(12-16)13-7-5-4-6-8-13/h4-8,14-16H,2-3,9-12H2,1H3. The molecule has 3 nitrogen and oxygen atoms in total. The van der Waals surface area contributed by atoms with Crippen LogP contribution in [0.15, 0.2) is 30.3 Å². The molecule has 17 heavy (non-hydrogen) atoms. The highest BCUT2D eigenvalue weighted by atomic mass is 16.5. The Balaban J connectivity index is 2.20. The van der Waals surface area contributed by atoms with Crippen molar-refractivity contribution >= 4 is 0 Å². The Kier molecular flexibility index (Phi) is 7.63. The smallest absolute Gasteiger partial charge is 0.0626 e. The largest absolute Gasteiger partial charge is 0.394 e. The summed E-state index contributed by atoms with van der Waals surface area (Å²) in [6.45, 7) is 4.55. The molecule has 0 aliphatic carbocycles. The zero-order valence-corrected chi connectivity index (χ0v) is 10.6. The molecule has 0 amide bonds. The van der Waals surface area contributed by atoms with E-state index in [4.69, 9.17) is 4.74 Å². The Morgan fingerprint density at radius 2 is 2.00 bits per heavy atom. The second-order valence-electron chi connectivity index (χ2n) is 4.07. The van der Waals surface area contributed by atoms with Crippen LogP contribution in [0.3, 0.4) is 0 Å². The molecular formula is C14H23NO2. The predicted octanol–water partition coefficient (Wildman–Crippen LogP) is 2.13. The fourth-order valence-corrected chi connectivity index (χ4v) is 1.63. The van der Waals surface area contributed by atoms with E-state index in [1.807, 2.05) is 30.3 Å². The summed E-state index contributed by atoms with van der Waals surface area (Å²) < 4.78 is 5.46. The molecule has 0 aliphatic heterocycles. The van der Waals surface area contributed by atoms with Crippen molar-refractivity contribution in [3.05, 3.63) is 35.9 Å². The summed E-state index contributed by atoms with van der Waals surface area (Å²) in [4.78, 5) is 0. The highest BCUT2D eigenvalue weighted by Crippen LogP contribution is 2.10. The molecule has 2 N–H and O–H groups in total. The number of nitrogens with one attached hydrogen (secondary N) is 1. The van der Waals surface area contributed by atoms with E-state index in [0.29, 0.717) is 6.61 Å². The van der Waals surface area contributed by atoms with Gasteiger partial charge >= 0.3 is 0 Å². The SMILES string of the molecule is CCCCOCCNC(CO)c1ccccc1. The van der Waals surface area contributed by atoms with Crippen LogP contribution in [-0.4, -0.2) is 31.5 Å². The number of hydrogen-bond acceptors (Lipinski definition) is 3. The van der Waals surface area contributed by atoms with Crippen molar-refractivity contribution < 1.29 is 9.84 Å². The Morgan fingerprint density at radius 1 is 1.24 bits per heavy atom. The highest BCUT2D eigenvalue weighted by Gasteiger charge is 2.07. The lowest BCUT2D eigenvalue weighted by Crippen LogP contribution is -2.27. The summed E-state index contributed by atoms with van der Waals surface area (Å²) in [7, 11) is 0. The van der Waals surface area contributed by atoms with E-state index < -0.39 is 0 Å². The third-order valence-corrected chi connectivity index (χ3v) is 2.66. The van der Waals surface area contributed by atoms with Crippen molar-refractivity contribution in [1.82, 2.24) is 5.32 Å². The molecule has 0 heterocycles. The van der Waals surface area contributed by atoms with Gasteiger partial charge in [-0.3, -0.25) is 0 Å². The van der Waals surface area contributed by atoms with Crippen LogP contribution in [0.5, 0.6) is 0 Å². The van der Waals surface area contributed by atoms with Gasteiger partial charge in [-0.1, -0.05) is 43.7 Å². The Hall–Kier alpha value is -0.900. The Morgan fingerprint density at radius 3 is 2.65 bits per heavy atom. The van der Waals surface area contributed by atoms with Gasteiger partial charge in [0, 0.05) is 13.2 Å². The van der Waals surface area contributed by atoms with Gasteiger partial charge in [-0.15, -0.1) is 0 Å². The first-order valence-electron chi connectivity index (χ1n) is 6.35. The van der Waals surface area contributed by atoms with Crippen molar-refractivity contribution in [2.24, 2.45) is 0 Å². The molecule has 96 valence electrons. The van der Waals surface area contributed by atoms with Crippen LogP contribution in [0.1, 0.15) is 31.4 Å². The van der Waals surface area contributed by atoms with E-state index in [0.717, 1.165) is 31.6 Å². The lowest BCUT2D eigenvalue weighted by molar-refractivity contribution is 0.127. The molecule has 0 saturated carbocycles. The second-order valence-corrected chi connectivity index (χ2v) is 4.07. The second kappa shape index (κ2) is 9.16. The first-order valence-corrected chi connectivity index (χ1v) is 6.35. The van der Waals surface area contributed by atoms with E-state index in [1.165, 1.54) is 0 Å². The van der Waals surface area contributed by atoms with Gasteiger partial charge in [0.05, 0.1) is 19.3 Å². The summed E-state index contributed by atoms with van der Waals surface area (Å²) in [5.41, 5.74) is 1.11. The van der Waals surface area contributed by atoms with Gasteiger partial charge in [0.2, 0.25) is 0 Å². The number of aliphatic hydroxyl groups is 1. The van der Waals surface area contributed by atoms with Gasteiger partial charge in [-0.25, -0.2) is 0 Å². The minimum absolute atomic E-state index is 0.00553. The number of benzene rings is 1. The maximum Gasteiger partial charge on any atom is 0.0626 e. The van der Waals surface area contributed by atoms with Crippen LogP contribution in [0.25, 0.3) is 0 Å². The summed E-state index contributed by atoms with van der Waals surface area (Å²) >= 11 is 0. The molecule has 1 rings (SSSR count). The van der Waals surface area contributed by atoms with Gasteiger partial charge in [-0.2, -0.15) is 0 Å². The Labute approximate surface area is 104 Å². The Bertz CT molecular complexity index is 277. The van der Waals surface area contributed by atoms with E-state index in [2.05, 4.69) is 12.2 Å². The van der Waals surface area contributed by atoms with E-state index in [9.17, 15) is 5.11 Å². The van der Waals surface area contributed by atoms with Crippen LogP contribution in [0.2, 0.25) is 0 Å². The zero-order valence-electron chi connectivity index (χ0n) is 10.6. The van der Waals surface area contributed by atoms with Crippen LogP contribution in [0.4, 0.5) is 0 Å². The molecule has 1 aromatic rings. The van der Waals surface area contributed by atoms with Crippen molar-refractivity contribution in [2.75, 3.05) is 26.4 Å². The molecule has 0 radical (unpaired) electrons.